The molecule has 0 saturated carbocycles. The molecule has 0 unspecified atom stereocenters. The predicted molar refractivity (Wildman–Crippen MR) is 109 cm³/mol. The van der Waals surface area contributed by atoms with Gasteiger partial charge in [0.2, 0.25) is 0 Å². The molecular weight excluding hydrogens is 328 g/mol. The van der Waals surface area contributed by atoms with E-state index in [4.69, 9.17) is 9.47 Å². The smallest absolute Gasteiger partial charge is 0.195 e. The molecule has 1 fully saturated rings. The number of benzene rings is 1. The summed E-state index contributed by atoms with van der Waals surface area (Å²) in [4.78, 5) is 6.94. The summed E-state index contributed by atoms with van der Waals surface area (Å²) in [5.41, 5.74) is 0.920. The first kappa shape index (κ1) is 20.4. The average molecular weight is 363 g/mol. The zero-order chi connectivity index (χ0) is 18.9. The Morgan fingerprint density at radius 2 is 2.15 bits per heavy atom. The van der Waals surface area contributed by atoms with Crippen molar-refractivity contribution in [2.75, 3.05) is 45.7 Å². The lowest BCUT2D eigenvalue weighted by Gasteiger charge is -2.27. The maximum Gasteiger partial charge on any atom is 0.195 e. The molecule has 2 rings (SSSR count). The Bertz CT molecular complexity index is 589. The van der Waals surface area contributed by atoms with Crippen LogP contribution < -0.4 is 20.1 Å². The third-order valence-corrected chi connectivity index (χ3v) is 4.55. The van der Waals surface area contributed by atoms with Gasteiger partial charge in [0.25, 0.3) is 0 Å². The van der Waals surface area contributed by atoms with Crippen LogP contribution >= 0.6 is 0 Å². The summed E-state index contributed by atoms with van der Waals surface area (Å²) in [5, 5.41) is 6.80. The van der Waals surface area contributed by atoms with E-state index in [1.165, 1.54) is 19.4 Å². The molecule has 0 spiro atoms. The molecular formula is C20H34N4O2. The first-order valence-corrected chi connectivity index (χ1v) is 9.59. The monoisotopic (exact) mass is 362 g/mol. The van der Waals surface area contributed by atoms with E-state index in [-0.39, 0.29) is 0 Å². The number of rotatable bonds is 8. The molecule has 2 N–H and O–H groups in total. The molecule has 6 heteroatoms. The maximum absolute atomic E-state index is 5.57. The summed E-state index contributed by atoms with van der Waals surface area (Å²) in [7, 11) is 3.44. The van der Waals surface area contributed by atoms with Crippen LogP contribution in [0.2, 0.25) is 0 Å². The molecule has 1 saturated heterocycles. The molecule has 1 atom stereocenters. The quantitative estimate of drug-likeness (QED) is 0.549. The number of aliphatic imine (C=N–C) groups is 1. The van der Waals surface area contributed by atoms with Crippen molar-refractivity contribution in [2.24, 2.45) is 10.9 Å². The van der Waals surface area contributed by atoms with E-state index in [1.807, 2.05) is 25.1 Å². The molecule has 1 aliphatic rings. The fourth-order valence-electron chi connectivity index (χ4n) is 3.39. The first-order valence-electron chi connectivity index (χ1n) is 9.59. The van der Waals surface area contributed by atoms with Crippen LogP contribution in [0.1, 0.15) is 33.6 Å². The molecule has 0 amide bonds. The van der Waals surface area contributed by atoms with Gasteiger partial charge in [-0.3, -0.25) is 9.89 Å². The Labute approximate surface area is 158 Å². The van der Waals surface area contributed by atoms with Crippen LogP contribution in [0.3, 0.4) is 0 Å². The Hall–Kier alpha value is -1.95. The summed E-state index contributed by atoms with van der Waals surface area (Å²) in [6.07, 6.45) is 2.52. The highest BCUT2D eigenvalue weighted by molar-refractivity contribution is 5.93. The van der Waals surface area contributed by atoms with Crippen molar-refractivity contribution in [1.29, 1.82) is 0 Å². The fourth-order valence-corrected chi connectivity index (χ4v) is 3.39. The maximum atomic E-state index is 5.57. The number of methoxy groups -OCH3 is 1. The van der Waals surface area contributed by atoms with E-state index < -0.39 is 0 Å². The van der Waals surface area contributed by atoms with Gasteiger partial charge in [0, 0.05) is 37.9 Å². The van der Waals surface area contributed by atoms with Crippen molar-refractivity contribution in [3.05, 3.63) is 18.2 Å². The largest absolute Gasteiger partial charge is 0.493 e. The van der Waals surface area contributed by atoms with Gasteiger partial charge in [-0.15, -0.1) is 0 Å². The highest BCUT2D eigenvalue weighted by Gasteiger charge is 2.24. The van der Waals surface area contributed by atoms with Crippen molar-refractivity contribution in [2.45, 2.75) is 39.7 Å². The number of hydrogen-bond donors (Lipinski definition) is 2. The lowest BCUT2D eigenvalue weighted by Crippen LogP contribution is -2.43. The second kappa shape index (κ2) is 10.3. The number of anilines is 1. The number of guanidine groups is 1. The molecule has 1 heterocycles. The highest BCUT2D eigenvalue weighted by Crippen LogP contribution is 2.30. The van der Waals surface area contributed by atoms with Crippen molar-refractivity contribution in [3.8, 4) is 11.5 Å². The minimum atomic E-state index is 0.575. The van der Waals surface area contributed by atoms with E-state index in [0.717, 1.165) is 30.5 Å². The third-order valence-electron chi connectivity index (χ3n) is 4.55. The van der Waals surface area contributed by atoms with E-state index in [1.54, 1.807) is 14.2 Å². The number of nitrogens with one attached hydrogen (secondary N) is 2. The lowest BCUT2D eigenvalue weighted by molar-refractivity contribution is 0.227. The summed E-state index contributed by atoms with van der Waals surface area (Å²) in [5.74, 6) is 2.93. The van der Waals surface area contributed by atoms with Crippen LogP contribution in [0.5, 0.6) is 11.5 Å². The average Bonchev–Trinajstić information content (AvgIpc) is 3.06. The highest BCUT2D eigenvalue weighted by atomic mass is 16.5. The number of ether oxygens (including phenoxy) is 2. The molecule has 0 radical (unpaired) electrons. The van der Waals surface area contributed by atoms with Crippen molar-refractivity contribution >= 4 is 11.6 Å². The van der Waals surface area contributed by atoms with Gasteiger partial charge >= 0.3 is 0 Å². The first-order chi connectivity index (χ1) is 12.6. The summed E-state index contributed by atoms with van der Waals surface area (Å²) >= 11 is 0. The molecule has 1 aliphatic heterocycles. The van der Waals surface area contributed by atoms with Crippen molar-refractivity contribution in [3.63, 3.8) is 0 Å². The van der Waals surface area contributed by atoms with Gasteiger partial charge in [0.1, 0.15) is 0 Å². The van der Waals surface area contributed by atoms with Crippen LogP contribution in [0, 0.1) is 5.92 Å². The number of hydrogen-bond acceptors (Lipinski definition) is 4. The van der Waals surface area contributed by atoms with E-state index >= 15 is 0 Å². The molecule has 0 aromatic heterocycles. The Morgan fingerprint density at radius 3 is 2.81 bits per heavy atom. The van der Waals surface area contributed by atoms with Crippen LogP contribution in [0.15, 0.2) is 23.2 Å². The second-order valence-electron chi connectivity index (χ2n) is 7.06. The molecule has 1 aromatic carbocycles. The fraction of sp³-hybridized carbons (Fsp3) is 0.650. The van der Waals surface area contributed by atoms with Crippen LogP contribution in [-0.4, -0.2) is 57.3 Å². The van der Waals surface area contributed by atoms with Gasteiger partial charge in [-0.05, 0) is 44.4 Å². The van der Waals surface area contributed by atoms with E-state index in [2.05, 4.69) is 34.4 Å². The van der Waals surface area contributed by atoms with Crippen molar-refractivity contribution < 1.29 is 9.47 Å². The van der Waals surface area contributed by atoms with Gasteiger partial charge < -0.3 is 20.1 Å². The van der Waals surface area contributed by atoms with Crippen LogP contribution in [0.4, 0.5) is 5.69 Å². The SMILES string of the molecule is CCOc1ccc(NC(=NC)NC[C@H]2CCCN2CC(C)C)cc1OC. The van der Waals surface area contributed by atoms with Crippen LogP contribution in [0.25, 0.3) is 0 Å². The summed E-state index contributed by atoms with van der Waals surface area (Å²) < 4.78 is 11.0. The Balaban J connectivity index is 1.93. The van der Waals surface area contributed by atoms with Gasteiger partial charge in [-0.25, -0.2) is 0 Å². The van der Waals surface area contributed by atoms with Gasteiger partial charge in [-0.2, -0.15) is 0 Å². The van der Waals surface area contributed by atoms with Crippen molar-refractivity contribution in [1.82, 2.24) is 10.2 Å². The molecule has 0 bridgehead atoms. The molecule has 146 valence electrons. The van der Waals surface area contributed by atoms with E-state index in [0.29, 0.717) is 24.3 Å². The molecule has 26 heavy (non-hydrogen) atoms. The van der Waals surface area contributed by atoms with Gasteiger partial charge in [0.05, 0.1) is 13.7 Å². The summed E-state index contributed by atoms with van der Waals surface area (Å²) in [6.45, 7) is 10.4. The molecule has 1 aromatic rings. The summed E-state index contributed by atoms with van der Waals surface area (Å²) in [6, 6.07) is 6.39. The minimum Gasteiger partial charge on any atom is -0.493 e. The van der Waals surface area contributed by atoms with Gasteiger partial charge in [0.15, 0.2) is 17.5 Å². The Morgan fingerprint density at radius 1 is 1.35 bits per heavy atom. The predicted octanol–water partition coefficient (Wildman–Crippen LogP) is 3.20. The lowest BCUT2D eigenvalue weighted by atomic mass is 10.1. The number of likely N-dealkylation sites (tertiary alicyclic amines) is 1. The topological polar surface area (TPSA) is 58.1 Å². The molecule has 0 aliphatic carbocycles. The minimum absolute atomic E-state index is 0.575. The third kappa shape index (κ3) is 5.80. The van der Waals surface area contributed by atoms with E-state index in [9.17, 15) is 0 Å². The normalized spacial score (nSPS) is 18.2. The van der Waals surface area contributed by atoms with Crippen LogP contribution in [-0.2, 0) is 0 Å². The van der Waals surface area contributed by atoms with Gasteiger partial charge in [-0.1, -0.05) is 13.8 Å². The molecule has 6 nitrogen and oxygen atoms in total. The second-order valence-corrected chi connectivity index (χ2v) is 7.06. The zero-order valence-corrected chi connectivity index (χ0v) is 16.8. The standard InChI is InChI=1S/C20H34N4O2/c1-6-26-18-10-9-16(12-19(18)25-5)23-20(21-4)22-13-17-8-7-11-24(17)14-15(2)3/h9-10,12,15,17H,6-8,11,13-14H2,1-5H3,(H2,21,22,23)/t17-/m1/s1. The number of nitrogens with zero attached hydrogens (tertiary/aromatic N) is 2. The Kier molecular flexibility index (Phi) is 8.04. The zero-order valence-electron chi connectivity index (χ0n) is 16.8.